The molecular weight excluding hydrogens is 226 g/mol. The highest BCUT2D eigenvalue weighted by atomic mass is 32.2. The van der Waals surface area contributed by atoms with Gasteiger partial charge in [-0.05, 0) is 54.4 Å². The minimum absolute atomic E-state index is 0.871. The van der Waals surface area contributed by atoms with Crippen LogP contribution in [-0.2, 0) is 6.54 Å². The zero-order chi connectivity index (χ0) is 11.9. The first-order valence-corrected chi connectivity index (χ1v) is 7.93. The van der Waals surface area contributed by atoms with Crippen LogP contribution in [0.5, 0.6) is 0 Å². The Morgan fingerprint density at radius 2 is 2.24 bits per heavy atom. The Morgan fingerprint density at radius 1 is 1.35 bits per heavy atom. The molecule has 1 nitrogen and oxygen atoms in total. The zero-order valence-electron chi connectivity index (χ0n) is 10.7. The first-order chi connectivity index (χ1) is 8.40. The van der Waals surface area contributed by atoms with Crippen molar-refractivity contribution in [2.45, 2.75) is 38.6 Å². The molecule has 1 aromatic carbocycles. The van der Waals surface area contributed by atoms with Crippen molar-refractivity contribution in [3.63, 3.8) is 0 Å². The molecule has 1 aliphatic carbocycles. The van der Waals surface area contributed by atoms with Crippen LogP contribution >= 0.6 is 11.8 Å². The largest absolute Gasteiger partial charge is 0.313 e. The summed E-state index contributed by atoms with van der Waals surface area (Å²) >= 11 is 2.03. The number of benzene rings is 1. The maximum Gasteiger partial charge on any atom is 0.0205 e. The summed E-state index contributed by atoms with van der Waals surface area (Å²) in [6, 6.07) is 9.10. The van der Waals surface area contributed by atoms with E-state index >= 15 is 0 Å². The van der Waals surface area contributed by atoms with Gasteiger partial charge in [0, 0.05) is 6.54 Å². The van der Waals surface area contributed by atoms with Gasteiger partial charge in [-0.15, -0.1) is 0 Å². The summed E-state index contributed by atoms with van der Waals surface area (Å²) < 4.78 is 0. The third-order valence-corrected chi connectivity index (χ3v) is 4.16. The summed E-state index contributed by atoms with van der Waals surface area (Å²) in [4.78, 5) is 0. The van der Waals surface area contributed by atoms with Crippen LogP contribution in [0.15, 0.2) is 24.3 Å². The molecule has 1 aliphatic rings. The smallest absolute Gasteiger partial charge is 0.0205 e. The SMILES string of the molecule is CCSCCCNCc1cccc(C2CC2)c1. The Hall–Kier alpha value is -0.470. The van der Waals surface area contributed by atoms with E-state index in [1.54, 1.807) is 5.56 Å². The first kappa shape index (κ1) is 13.0. The molecule has 0 saturated heterocycles. The molecule has 0 aromatic heterocycles. The molecule has 2 rings (SSSR count). The van der Waals surface area contributed by atoms with E-state index in [1.807, 2.05) is 11.8 Å². The fourth-order valence-corrected chi connectivity index (χ4v) is 2.69. The summed E-state index contributed by atoms with van der Waals surface area (Å²) in [5, 5.41) is 3.53. The number of thioether (sulfide) groups is 1. The van der Waals surface area contributed by atoms with Crippen molar-refractivity contribution in [1.29, 1.82) is 0 Å². The summed E-state index contributed by atoms with van der Waals surface area (Å²) in [6.45, 7) is 4.39. The second-order valence-electron chi connectivity index (χ2n) is 4.75. The van der Waals surface area contributed by atoms with Gasteiger partial charge in [0.2, 0.25) is 0 Å². The normalized spacial score (nSPS) is 15.1. The molecule has 0 amide bonds. The van der Waals surface area contributed by atoms with Gasteiger partial charge in [0.15, 0.2) is 0 Å². The minimum Gasteiger partial charge on any atom is -0.313 e. The van der Waals surface area contributed by atoms with E-state index in [-0.39, 0.29) is 0 Å². The molecule has 1 fully saturated rings. The predicted molar refractivity (Wildman–Crippen MR) is 77.7 cm³/mol. The van der Waals surface area contributed by atoms with Crippen LogP contribution in [-0.4, -0.2) is 18.1 Å². The summed E-state index contributed by atoms with van der Waals surface area (Å²) in [7, 11) is 0. The molecule has 0 atom stereocenters. The van der Waals surface area contributed by atoms with Crippen LogP contribution in [0.1, 0.15) is 43.2 Å². The van der Waals surface area contributed by atoms with E-state index in [4.69, 9.17) is 0 Å². The summed E-state index contributed by atoms with van der Waals surface area (Å²) in [5.74, 6) is 3.39. The van der Waals surface area contributed by atoms with Crippen molar-refractivity contribution < 1.29 is 0 Å². The lowest BCUT2D eigenvalue weighted by molar-refractivity contribution is 0.678. The molecule has 0 heterocycles. The third-order valence-electron chi connectivity index (χ3n) is 3.18. The van der Waals surface area contributed by atoms with E-state index < -0.39 is 0 Å². The molecule has 1 aromatic rings. The molecular formula is C15H23NS. The maximum absolute atomic E-state index is 3.53. The third kappa shape index (κ3) is 4.72. The van der Waals surface area contributed by atoms with E-state index in [0.717, 1.165) is 19.0 Å². The van der Waals surface area contributed by atoms with E-state index in [9.17, 15) is 0 Å². The van der Waals surface area contributed by atoms with Gasteiger partial charge in [-0.3, -0.25) is 0 Å². The molecule has 0 spiro atoms. The molecule has 0 unspecified atom stereocenters. The van der Waals surface area contributed by atoms with Gasteiger partial charge in [-0.1, -0.05) is 31.2 Å². The average Bonchev–Trinajstić information content (AvgIpc) is 3.18. The van der Waals surface area contributed by atoms with E-state index in [2.05, 4.69) is 36.5 Å². The summed E-state index contributed by atoms with van der Waals surface area (Å²) in [6.07, 6.45) is 4.07. The van der Waals surface area contributed by atoms with Gasteiger partial charge in [-0.2, -0.15) is 11.8 Å². The van der Waals surface area contributed by atoms with Crippen LogP contribution < -0.4 is 5.32 Å². The summed E-state index contributed by atoms with van der Waals surface area (Å²) in [5.41, 5.74) is 2.99. The highest BCUT2D eigenvalue weighted by molar-refractivity contribution is 7.99. The molecule has 94 valence electrons. The van der Waals surface area contributed by atoms with Crippen molar-refractivity contribution >= 4 is 11.8 Å². The molecule has 0 aliphatic heterocycles. The van der Waals surface area contributed by atoms with Crippen molar-refractivity contribution in [3.8, 4) is 0 Å². The first-order valence-electron chi connectivity index (χ1n) is 6.77. The lowest BCUT2D eigenvalue weighted by Crippen LogP contribution is -2.15. The molecule has 1 saturated carbocycles. The average molecular weight is 249 g/mol. The fraction of sp³-hybridized carbons (Fsp3) is 0.600. The van der Waals surface area contributed by atoms with Gasteiger partial charge in [-0.25, -0.2) is 0 Å². The van der Waals surface area contributed by atoms with E-state index in [0.29, 0.717) is 0 Å². The van der Waals surface area contributed by atoms with Gasteiger partial charge in [0.1, 0.15) is 0 Å². The Kier molecular flexibility index (Phi) is 5.40. The second kappa shape index (κ2) is 7.07. The fourth-order valence-electron chi connectivity index (χ4n) is 2.05. The van der Waals surface area contributed by atoms with Crippen LogP contribution in [0.3, 0.4) is 0 Å². The predicted octanol–water partition coefficient (Wildman–Crippen LogP) is 3.80. The van der Waals surface area contributed by atoms with Crippen molar-refractivity contribution in [3.05, 3.63) is 35.4 Å². The highest BCUT2D eigenvalue weighted by Crippen LogP contribution is 2.40. The van der Waals surface area contributed by atoms with Gasteiger partial charge in [0.05, 0.1) is 0 Å². The van der Waals surface area contributed by atoms with Crippen LogP contribution in [0.4, 0.5) is 0 Å². The number of nitrogens with one attached hydrogen (secondary N) is 1. The van der Waals surface area contributed by atoms with Crippen molar-refractivity contribution in [2.75, 3.05) is 18.1 Å². The van der Waals surface area contributed by atoms with Crippen LogP contribution in [0, 0.1) is 0 Å². The van der Waals surface area contributed by atoms with Crippen molar-refractivity contribution in [1.82, 2.24) is 5.32 Å². The van der Waals surface area contributed by atoms with Crippen molar-refractivity contribution in [2.24, 2.45) is 0 Å². The van der Waals surface area contributed by atoms with Gasteiger partial charge >= 0.3 is 0 Å². The highest BCUT2D eigenvalue weighted by Gasteiger charge is 2.23. The second-order valence-corrected chi connectivity index (χ2v) is 6.14. The number of rotatable bonds is 8. The Bertz CT molecular complexity index is 333. The lowest BCUT2D eigenvalue weighted by atomic mass is 10.1. The molecule has 0 bridgehead atoms. The molecule has 17 heavy (non-hydrogen) atoms. The standard InChI is InChI=1S/C15H23NS/c1-2-17-10-4-9-16-12-13-5-3-6-15(11-13)14-7-8-14/h3,5-6,11,14,16H,2,4,7-10,12H2,1H3. The topological polar surface area (TPSA) is 12.0 Å². The quantitative estimate of drug-likeness (QED) is 0.703. The van der Waals surface area contributed by atoms with Gasteiger partial charge in [0.25, 0.3) is 0 Å². The lowest BCUT2D eigenvalue weighted by Gasteiger charge is -2.06. The van der Waals surface area contributed by atoms with Crippen LogP contribution in [0.2, 0.25) is 0 Å². The Labute approximate surface area is 109 Å². The maximum atomic E-state index is 3.53. The Balaban J connectivity index is 1.66. The zero-order valence-corrected chi connectivity index (χ0v) is 11.6. The van der Waals surface area contributed by atoms with Gasteiger partial charge < -0.3 is 5.32 Å². The van der Waals surface area contributed by atoms with E-state index in [1.165, 1.54) is 36.3 Å². The monoisotopic (exact) mass is 249 g/mol. The number of hydrogen-bond acceptors (Lipinski definition) is 2. The Morgan fingerprint density at radius 3 is 3.00 bits per heavy atom. The number of hydrogen-bond donors (Lipinski definition) is 1. The molecule has 0 radical (unpaired) electrons. The molecule has 1 N–H and O–H groups in total. The molecule has 2 heteroatoms. The van der Waals surface area contributed by atoms with Crippen LogP contribution in [0.25, 0.3) is 0 Å². The minimum atomic E-state index is 0.871.